The van der Waals surface area contributed by atoms with Crippen LogP contribution in [0.5, 0.6) is 5.75 Å². The quantitative estimate of drug-likeness (QED) is 0.722. The van der Waals surface area contributed by atoms with Crippen LogP contribution in [-0.2, 0) is 0 Å². The Morgan fingerprint density at radius 1 is 1.30 bits per heavy atom. The van der Waals surface area contributed by atoms with Crippen LogP contribution in [0, 0.1) is 16.7 Å². The fourth-order valence-corrected chi connectivity index (χ4v) is 2.01. The average molecular weight is 275 g/mol. The number of aliphatic hydroxyl groups excluding tert-OH is 1. The Labute approximate surface area is 122 Å². The van der Waals surface area contributed by atoms with Crippen molar-refractivity contribution >= 4 is 0 Å². The predicted octanol–water partition coefficient (Wildman–Crippen LogP) is 4.23. The highest BCUT2D eigenvalue weighted by molar-refractivity contribution is 5.34. The number of para-hydroxylation sites is 1. The Hall–Kier alpha value is -1.53. The summed E-state index contributed by atoms with van der Waals surface area (Å²) >= 11 is 0. The van der Waals surface area contributed by atoms with Crippen molar-refractivity contribution < 1.29 is 9.84 Å². The Kier molecular flexibility index (Phi) is 6.54. The summed E-state index contributed by atoms with van der Waals surface area (Å²) in [5.41, 5.74) is 0.600. The van der Waals surface area contributed by atoms with Gasteiger partial charge in [-0.1, -0.05) is 25.1 Å². The highest BCUT2D eigenvalue weighted by atomic mass is 16.5. The molecule has 0 heterocycles. The maximum absolute atomic E-state index is 9.94. The lowest BCUT2D eigenvalue weighted by Gasteiger charge is -2.16. The third-order valence-corrected chi connectivity index (χ3v) is 3.42. The lowest BCUT2D eigenvalue weighted by molar-refractivity contribution is 0.166. The molecule has 0 unspecified atom stereocenters. The molecule has 0 aliphatic heterocycles. The van der Waals surface area contributed by atoms with Gasteiger partial charge in [0.25, 0.3) is 0 Å². The van der Waals surface area contributed by atoms with Crippen molar-refractivity contribution in [3.8, 4) is 11.8 Å². The molecule has 0 fully saturated rings. The third kappa shape index (κ3) is 5.22. The molecule has 1 atom stereocenters. The molecule has 0 aromatic heterocycles. The van der Waals surface area contributed by atoms with E-state index in [0.717, 1.165) is 30.6 Å². The minimum absolute atomic E-state index is 0.254. The van der Waals surface area contributed by atoms with Gasteiger partial charge in [0.15, 0.2) is 0 Å². The fraction of sp³-hybridized carbons (Fsp3) is 0.588. The molecule has 0 aliphatic carbocycles. The van der Waals surface area contributed by atoms with Gasteiger partial charge in [-0.25, -0.2) is 0 Å². The SMILES string of the molecule is CC[C@@H](O)c1ccccc1OCCCCC(C)(C)C#N. The standard InChI is InChI=1S/C17H25NO2/c1-4-15(19)14-9-5-6-10-16(14)20-12-8-7-11-17(2,3)13-18/h5-6,9-10,15,19H,4,7-8,11-12H2,1-3H3/t15-/m1/s1. The number of aliphatic hydroxyl groups is 1. The Morgan fingerprint density at radius 2 is 2.00 bits per heavy atom. The van der Waals surface area contributed by atoms with Crippen LogP contribution >= 0.6 is 0 Å². The minimum atomic E-state index is -0.469. The second-order valence-corrected chi connectivity index (χ2v) is 5.76. The molecule has 0 radical (unpaired) electrons. The van der Waals surface area contributed by atoms with Crippen LogP contribution in [0.3, 0.4) is 0 Å². The van der Waals surface area contributed by atoms with Gasteiger partial charge in [-0.3, -0.25) is 0 Å². The third-order valence-electron chi connectivity index (χ3n) is 3.42. The van der Waals surface area contributed by atoms with E-state index in [-0.39, 0.29) is 5.41 Å². The molecule has 1 N–H and O–H groups in total. The molecule has 1 rings (SSSR count). The molecule has 0 amide bonds. The van der Waals surface area contributed by atoms with Crippen molar-refractivity contribution in [1.82, 2.24) is 0 Å². The van der Waals surface area contributed by atoms with E-state index in [1.54, 1.807) is 0 Å². The summed E-state index contributed by atoms with van der Waals surface area (Å²) < 4.78 is 5.77. The Balaban J connectivity index is 2.41. The highest BCUT2D eigenvalue weighted by Crippen LogP contribution is 2.27. The molecule has 0 aliphatic rings. The van der Waals surface area contributed by atoms with Crippen molar-refractivity contribution in [2.24, 2.45) is 5.41 Å². The number of hydrogen-bond donors (Lipinski definition) is 1. The summed E-state index contributed by atoms with van der Waals surface area (Å²) in [6, 6.07) is 9.94. The number of rotatable bonds is 8. The summed E-state index contributed by atoms with van der Waals surface area (Å²) in [5.74, 6) is 0.765. The smallest absolute Gasteiger partial charge is 0.125 e. The van der Waals surface area contributed by atoms with Crippen LogP contribution in [0.1, 0.15) is 58.1 Å². The van der Waals surface area contributed by atoms with Crippen LogP contribution in [0.4, 0.5) is 0 Å². The van der Waals surface area contributed by atoms with E-state index in [9.17, 15) is 5.11 Å². The molecule has 0 saturated carbocycles. The van der Waals surface area contributed by atoms with Crippen LogP contribution in [-0.4, -0.2) is 11.7 Å². The zero-order valence-corrected chi connectivity index (χ0v) is 12.7. The van der Waals surface area contributed by atoms with Crippen molar-refractivity contribution in [3.63, 3.8) is 0 Å². The molecule has 3 nitrogen and oxygen atoms in total. The molecule has 1 aromatic rings. The average Bonchev–Trinajstić information content (AvgIpc) is 2.46. The lowest BCUT2D eigenvalue weighted by Crippen LogP contribution is -2.09. The lowest BCUT2D eigenvalue weighted by atomic mass is 9.89. The Morgan fingerprint density at radius 3 is 2.65 bits per heavy atom. The van der Waals surface area contributed by atoms with Gasteiger partial charge in [-0.15, -0.1) is 0 Å². The first-order valence-corrected chi connectivity index (χ1v) is 7.31. The van der Waals surface area contributed by atoms with Gasteiger partial charge < -0.3 is 9.84 Å². The van der Waals surface area contributed by atoms with Crippen molar-refractivity contribution in [2.75, 3.05) is 6.61 Å². The summed E-state index contributed by atoms with van der Waals surface area (Å²) in [4.78, 5) is 0. The topological polar surface area (TPSA) is 53.2 Å². The van der Waals surface area contributed by atoms with Crippen LogP contribution < -0.4 is 4.74 Å². The molecule has 1 aromatic carbocycles. The largest absolute Gasteiger partial charge is 0.493 e. The van der Waals surface area contributed by atoms with Gasteiger partial charge in [-0.05, 0) is 45.6 Å². The maximum atomic E-state index is 9.94. The summed E-state index contributed by atoms with van der Waals surface area (Å²) in [6.45, 7) is 6.49. The van der Waals surface area contributed by atoms with Crippen molar-refractivity contribution in [2.45, 2.75) is 52.6 Å². The van der Waals surface area contributed by atoms with E-state index >= 15 is 0 Å². The van der Waals surface area contributed by atoms with Gasteiger partial charge in [0.05, 0.1) is 24.2 Å². The molecular weight excluding hydrogens is 250 g/mol. The fourth-order valence-electron chi connectivity index (χ4n) is 2.01. The number of ether oxygens (including phenoxy) is 1. The zero-order chi connectivity index (χ0) is 15.0. The van der Waals surface area contributed by atoms with E-state index in [0.29, 0.717) is 13.0 Å². The number of hydrogen-bond acceptors (Lipinski definition) is 3. The maximum Gasteiger partial charge on any atom is 0.125 e. The van der Waals surface area contributed by atoms with Gasteiger partial charge >= 0.3 is 0 Å². The molecule has 3 heteroatoms. The number of nitrogens with zero attached hydrogens (tertiary/aromatic N) is 1. The number of nitriles is 1. The zero-order valence-electron chi connectivity index (χ0n) is 12.7. The van der Waals surface area contributed by atoms with E-state index in [1.165, 1.54) is 0 Å². The van der Waals surface area contributed by atoms with Crippen molar-refractivity contribution in [3.05, 3.63) is 29.8 Å². The summed E-state index contributed by atoms with van der Waals surface area (Å²) in [7, 11) is 0. The highest BCUT2D eigenvalue weighted by Gasteiger charge is 2.15. The molecule has 0 saturated heterocycles. The van der Waals surface area contributed by atoms with E-state index in [2.05, 4.69) is 6.07 Å². The molecule has 0 spiro atoms. The molecule has 20 heavy (non-hydrogen) atoms. The molecule has 110 valence electrons. The first-order chi connectivity index (χ1) is 9.50. The summed E-state index contributed by atoms with van der Waals surface area (Å²) in [6.07, 6.45) is 2.98. The normalized spacial score (nSPS) is 12.8. The first-order valence-electron chi connectivity index (χ1n) is 7.31. The van der Waals surface area contributed by atoms with Gasteiger partial charge in [0, 0.05) is 5.56 Å². The monoisotopic (exact) mass is 275 g/mol. The van der Waals surface area contributed by atoms with Crippen LogP contribution in [0.2, 0.25) is 0 Å². The van der Waals surface area contributed by atoms with Gasteiger partial charge in [0.2, 0.25) is 0 Å². The molecule has 0 bridgehead atoms. The molecular formula is C17H25NO2. The first kappa shape index (κ1) is 16.5. The van der Waals surface area contributed by atoms with E-state index < -0.39 is 6.10 Å². The minimum Gasteiger partial charge on any atom is -0.493 e. The second kappa shape index (κ2) is 7.91. The predicted molar refractivity (Wildman–Crippen MR) is 80.4 cm³/mol. The van der Waals surface area contributed by atoms with Crippen LogP contribution in [0.25, 0.3) is 0 Å². The van der Waals surface area contributed by atoms with E-state index in [4.69, 9.17) is 10.00 Å². The number of unbranched alkanes of at least 4 members (excludes halogenated alkanes) is 1. The van der Waals surface area contributed by atoms with Crippen LogP contribution in [0.15, 0.2) is 24.3 Å². The number of benzene rings is 1. The van der Waals surface area contributed by atoms with E-state index in [1.807, 2.05) is 45.0 Å². The summed E-state index contributed by atoms with van der Waals surface area (Å²) in [5, 5.41) is 18.9. The van der Waals surface area contributed by atoms with Crippen molar-refractivity contribution in [1.29, 1.82) is 5.26 Å². The van der Waals surface area contributed by atoms with Gasteiger partial charge in [-0.2, -0.15) is 5.26 Å². The Bertz CT molecular complexity index is 449. The second-order valence-electron chi connectivity index (χ2n) is 5.76. The van der Waals surface area contributed by atoms with Gasteiger partial charge in [0.1, 0.15) is 5.75 Å².